The van der Waals surface area contributed by atoms with Gasteiger partial charge in [0, 0.05) is 26.1 Å². The molecule has 6 heteroatoms. The van der Waals surface area contributed by atoms with Gasteiger partial charge in [-0.3, -0.25) is 4.79 Å². The summed E-state index contributed by atoms with van der Waals surface area (Å²) in [6, 6.07) is 0.0435. The first-order valence-corrected chi connectivity index (χ1v) is 4.93. The van der Waals surface area contributed by atoms with E-state index in [-0.39, 0.29) is 17.8 Å². The first-order valence-electron chi connectivity index (χ1n) is 4.93. The van der Waals surface area contributed by atoms with Gasteiger partial charge in [0.15, 0.2) is 0 Å². The summed E-state index contributed by atoms with van der Waals surface area (Å²) in [5.74, 6) is 0.636. The maximum atomic E-state index is 11.8. The van der Waals surface area contributed by atoms with Gasteiger partial charge >= 0.3 is 0 Å². The predicted molar refractivity (Wildman–Crippen MR) is 52.1 cm³/mol. The van der Waals surface area contributed by atoms with E-state index < -0.39 is 0 Å². The second-order valence-electron chi connectivity index (χ2n) is 3.99. The number of likely N-dealkylation sites (tertiary alicyclic amines) is 1. The number of aromatic nitrogens is 2. The van der Waals surface area contributed by atoms with E-state index >= 15 is 0 Å². The summed E-state index contributed by atoms with van der Waals surface area (Å²) < 4.78 is 4.76. The third-order valence-electron chi connectivity index (χ3n) is 2.68. The van der Waals surface area contributed by atoms with Crippen LogP contribution in [0.2, 0.25) is 0 Å². The van der Waals surface area contributed by atoms with Crippen molar-refractivity contribution in [3.8, 4) is 0 Å². The summed E-state index contributed by atoms with van der Waals surface area (Å²) in [6.07, 6.45) is 0. The summed E-state index contributed by atoms with van der Waals surface area (Å²) in [5, 5.41) is 3.59. The normalized spacial score (nSPS) is 25.9. The number of amides is 1. The molecule has 1 aromatic rings. The Kier molecular flexibility index (Phi) is 2.44. The topological polar surface area (TPSA) is 85.2 Å². The molecular weight excluding hydrogens is 196 g/mol. The molecule has 0 aliphatic carbocycles. The number of nitrogens with zero attached hydrogens (tertiary/aromatic N) is 3. The fourth-order valence-electron chi connectivity index (χ4n) is 1.69. The average molecular weight is 210 g/mol. The summed E-state index contributed by atoms with van der Waals surface area (Å²) in [7, 11) is 0. The Morgan fingerprint density at radius 2 is 2.33 bits per heavy atom. The van der Waals surface area contributed by atoms with Gasteiger partial charge in [0.2, 0.25) is 5.89 Å². The van der Waals surface area contributed by atoms with Crippen molar-refractivity contribution in [1.29, 1.82) is 0 Å². The molecule has 1 amide bonds. The van der Waals surface area contributed by atoms with E-state index in [0.29, 0.717) is 24.9 Å². The third-order valence-corrected chi connectivity index (χ3v) is 2.68. The lowest BCUT2D eigenvalue weighted by Crippen LogP contribution is -2.32. The minimum atomic E-state index is -0.202. The van der Waals surface area contributed by atoms with E-state index in [1.165, 1.54) is 0 Å². The van der Waals surface area contributed by atoms with Gasteiger partial charge in [-0.2, -0.15) is 4.98 Å². The molecule has 0 spiro atoms. The SMILES string of the molecule is Cc1nc(C(=O)N2CC(C)C(N)C2)no1. The van der Waals surface area contributed by atoms with E-state index in [2.05, 4.69) is 10.1 Å². The van der Waals surface area contributed by atoms with Gasteiger partial charge in [0.25, 0.3) is 11.7 Å². The maximum absolute atomic E-state index is 11.8. The van der Waals surface area contributed by atoms with Crippen molar-refractivity contribution in [2.45, 2.75) is 19.9 Å². The quantitative estimate of drug-likeness (QED) is 0.693. The Morgan fingerprint density at radius 3 is 2.80 bits per heavy atom. The van der Waals surface area contributed by atoms with Crippen molar-refractivity contribution in [2.24, 2.45) is 11.7 Å². The highest BCUT2D eigenvalue weighted by Gasteiger charge is 2.32. The molecule has 1 saturated heterocycles. The molecule has 15 heavy (non-hydrogen) atoms. The molecule has 82 valence electrons. The molecule has 2 heterocycles. The van der Waals surface area contributed by atoms with Gasteiger partial charge in [0.1, 0.15) is 0 Å². The second kappa shape index (κ2) is 3.62. The highest BCUT2D eigenvalue weighted by molar-refractivity contribution is 5.90. The summed E-state index contributed by atoms with van der Waals surface area (Å²) in [4.78, 5) is 17.4. The van der Waals surface area contributed by atoms with Crippen molar-refractivity contribution in [3.63, 3.8) is 0 Å². The van der Waals surface area contributed by atoms with Gasteiger partial charge in [-0.25, -0.2) is 0 Å². The Bertz CT molecular complexity index is 366. The van der Waals surface area contributed by atoms with E-state index in [9.17, 15) is 4.79 Å². The van der Waals surface area contributed by atoms with Gasteiger partial charge in [-0.15, -0.1) is 0 Å². The zero-order chi connectivity index (χ0) is 11.0. The number of carbonyl (C=O) groups is 1. The lowest BCUT2D eigenvalue weighted by molar-refractivity contribution is 0.0771. The standard InChI is InChI=1S/C9H14N4O2/c1-5-3-13(4-7(5)10)9(14)8-11-6(2)15-12-8/h5,7H,3-4,10H2,1-2H3. The molecule has 1 aliphatic heterocycles. The fraction of sp³-hybridized carbons (Fsp3) is 0.667. The highest BCUT2D eigenvalue weighted by Crippen LogP contribution is 2.16. The maximum Gasteiger partial charge on any atom is 0.295 e. The van der Waals surface area contributed by atoms with Crippen LogP contribution < -0.4 is 5.73 Å². The molecular formula is C9H14N4O2. The van der Waals surface area contributed by atoms with Crippen LogP contribution in [-0.2, 0) is 0 Å². The molecule has 1 fully saturated rings. The Labute approximate surface area is 87.4 Å². The highest BCUT2D eigenvalue weighted by atomic mass is 16.5. The molecule has 0 saturated carbocycles. The van der Waals surface area contributed by atoms with Crippen LogP contribution in [0.25, 0.3) is 0 Å². The molecule has 6 nitrogen and oxygen atoms in total. The summed E-state index contributed by atoms with van der Waals surface area (Å²) in [6.45, 7) is 4.91. The van der Waals surface area contributed by atoms with Crippen LogP contribution in [0.15, 0.2) is 4.52 Å². The van der Waals surface area contributed by atoms with E-state index in [1.807, 2.05) is 6.92 Å². The molecule has 0 aromatic carbocycles. The second-order valence-corrected chi connectivity index (χ2v) is 3.99. The van der Waals surface area contributed by atoms with Crippen molar-refractivity contribution in [3.05, 3.63) is 11.7 Å². The van der Waals surface area contributed by atoms with Crippen LogP contribution in [0.5, 0.6) is 0 Å². The van der Waals surface area contributed by atoms with E-state index in [4.69, 9.17) is 10.3 Å². The molecule has 1 aromatic heterocycles. The predicted octanol–water partition coefficient (Wildman–Crippen LogP) is -0.203. The lowest BCUT2D eigenvalue weighted by atomic mass is 10.1. The Morgan fingerprint density at radius 1 is 1.60 bits per heavy atom. The number of rotatable bonds is 1. The monoisotopic (exact) mass is 210 g/mol. The molecule has 2 N–H and O–H groups in total. The zero-order valence-corrected chi connectivity index (χ0v) is 8.80. The van der Waals surface area contributed by atoms with Crippen LogP contribution in [0.4, 0.5) is 0 Å². The minimum absolute atomic E-state index is 0.0435. The van der Waals surface area contributed by atoms with Gasteiger partial charge in [0.05, 0.1) is 0 Å². The molecule has 2 unspecified atom stereocenters. The van der Waals surface area contributed by atoms with Crippen LogP contribution >= 0.6 is 0 Å². The number of nitrogens with two attached hydrogens (primary N) is 1. The van der Waals surface area contributed by atoms with Crippen molar-refractivity contribution in [2.75, 3.05) is 13.1 Å². The van der Waals surface area contributed by atoms with Crippen molar-refractivity contribution >= 4 is 5.91 Å². The Balaban J connectivity index is 2.10. The minimum Gasteiger partial charge on any atom is -0.339 e. The molecule has 2 atom stereocenters. The molecule has 0 bridgehead atoms. The molecule has 1 aliphatic rings. The smallest absolute Gasteiger partial charge is 0.295 e. The molecule has 0 radical (unpaired) electrons. The zero-order valence-electron chi connectivity index (χ0n) is 8.80. The number of hydrogen-bond acceptors (Lipinski definition) is 5. The van der Waals surface area contributed by atoms with Gasteiger partial charge < -0.3 is 15.2 Å². The largest absolute Gasteiger partial charge is 0.339 e. The first-order chi connectivity index (χ1) is 7.08. The van der Waals surface area contributed by atoms with Crippen LogP contribution in [-0.4, -0.2) is 40.1 Å². The lowest BCUT2D eigenvalue weighted by Gasteiger charge is -2.12. The number of hydrogen-bond donors (Lipinski definition) is 1. The van der Waals surface area contributed by atoms with Crippen LogP contribution in [0.3, 0.4) is 0 Å². The fourth-order valence-corrected chi connectivity index (χ4v) is 1.69. The molecule has 2 rings (SSSR count). The van der Waals surface area contributed by atoms with Crippen LogP contribution in [0, 0.1) is 12.8 Å². The number of aryl methyl sites for hydroxylation is 1. The van der Waals surface area contributed by atoms with Gasteiger partial charge in [-0.1, -0.05) is 12.1 Å². The average Bonchev–Trinajstić information content (AvgIpc) is 2.74. The summed E-state index contributed by atoms with van der Waals surface area (Å²) in [5.41, 5.74) is 5.83. The van der Waals surface area contributed by atoms with E-state index in [0.717, 1.165) is 0 Å². The van der Waals surface area contributed by atoms with Gasteiger partial charge in [-0.05, 0) is 5.92 Å². The number of carbonyl (C=O) groups excluding carboxylic acids is 1. The van der Waals surface area contributed by atoms with Crippen LogP contribution in [0.1, 0.15) is 23.4 Å². The third kappa shape index (κ3) is 1.85. The van der Waals surface area contributed by atoms with E-state index in [1.54, 1.807) is 11.8 Å². The summed E-state index contributed by atoms with van der Waals surface area (Å²) >= 11 is 0. The Hall–Kier alpha value is -1.43. The van der Waals surface area contributed by atoms with Crippen molar-refractivity contribution < 1.29 is 9.32 Å². The first kappa shape index (κ1) is 10.1. The van der Waals surface area contributed by atoms with Crippen molar-refractivity contribution in [1.82, 2.24) is 15.0 Å².